The summed E-state index contributed by atoms with van der Waals surface area (Å²) in [6.07, 6.45) is 0. The van der Waals surface area contributed by atoms with Gasteiger partial charge in [-0.1, -0.05) is 115 Å². The van der Waals surface area contributed by atoms with Crippen LogP contribution in [0.25, 0.3) is 65.5 Å². The van der Waals surface area contributed by atoms with E-state index in [2.05, 4.69) is 72.8 Å². The van der Waals surface area contributed by atoms with E-state index in [1.807, 2.05) is 48.5 Å². The number of nitrogens with zero attached hydrogens (tertiary/aromatic N) is 3. The predicted molar refractivity (Wildman–Crippen MR) is 160 cm³/mol. The largest absolute Gasteiger partial charge is 0.208 e. The molecule has 0 N–H and O–H groups in total. The Hall–Kier alpha value is -4.61. The van der Waals surface area contributed by atoms with Gasteiger partial charge in [0.2, 0.25) is 0 Å². The van der Waals surface area contributed by atoms with Gasteiger partial charge in [-0.2, -0.15) is 0 Å². The Kier molecular flexibility index (Phi) is 5.56. The standard InChI is InChI=1S/C33H20BN3S/c34-28-19-9-17-26-25-16-8-18-27(29(25)38-30(26)28)33-36-31(22-12-5-2-6-13-22)35-32(37-33)24-15-7-14-23(20-24)21-10-3-1-4-11-21/h1-20H. The lowest BCUT2D eigenvalue weighted by molar-refractivity contribution is 1.08. The molecule has 3 nitrogen and oxygen atoms in total. The van der Waals surface area contributed by atoms with Crippen molar-refractivity contribution in [1.82, 2.24) is 15.0 Å². The lowest BCUT2D eigenvalue weighted by atomic mass is 9.94. The summed E-state index contributed by atoms with van der Waals surface area (Å²) in [5.41, 5.74) is 5.93. The Morgan fingerprint density at radius 1 is 0.447 bits per heavy atom. The molecule has 0 aliphatic carbocycles. The van der Waals surface area contributed by atoms with Crippen molar-refractivity contribution in [3.8, 4) is 45.3 Å². The summed E-state index contributed by atoms with van der Waals surface area (Å²) in [5.74, 6) is 1.94. The molecule has 2 aromatic heterocycles. The van der Waals surface area contributed by atoms with Crippen LogP contribution >= 0.6 is 11.3 Å². The first-order valence-electron chi connectivity index (χ1n) is 12.4. The fourth-order valence-electron chi connectivity index (χ4n) is 4.83. The van der Waals surface area contributed by atoms with E-state index in [1.54, 1.807) is 11.3 Å². The molecule has 0 aliphatic heterocycles. The lowest BCUT2D eigenvalue weighted by Crippen LogP contribution is -2.00. The van der Waals surface area contributed by atoms with Crippen molar-refractivity contribution < 1.29 is 0 Å². The molecule has 2 radical (unpaired) electrons. The molecule has 0 aliphatic rings. The Morgan fingerprint density at radius 2 is 1.00 bits per heavy atom. The second-order valence-corrected chi connectivity index (χ2v) is 10.1. The van der Waals surface area contributed by atoms with Crippen molar-refractivity contribution in [1.29, 1.82) is 0 Å². The van der Waals surface area contributed by atoms with Crippen LogP contribution in [-0.2, 0) is 0 Å². The van der Waals surface area contributed by atoms with E-state index in [-0.39, 0.29) is 0 Å². The van der Waals surface area contributed by atoms with E-state index >= 15 is 0 Å². The van der Waals surface area contributed by atoms with E-state index < -0.39 is 0 Å². The molecular formula is C33H20BN3S. The summed E-state index contributed by atoms with van der Waals surface area (Å²) in [5, 5.41) is 2.31. The molecule has 176 valence electrons. The molecule has 5 aromatic carbocycles. The van der Waals surface area contributed by atoms with Gasteiger partial charge >= 0.3 is 0 Å². The van der Waals surface area contributed by atoms with Gasteiger partial charge in [0.1, 0.15) is 7.85 Å². The van der Waals surface area contributed by atoms with E-state index in [1.165, 1.54) is 0 Å². The number of rotatable bonds is 4. The number of hydrogen-bond donors (Lipinski definition) is 0. The molecule has 0 fully saturated rings. The predicted octanol–water partition coefficient (Wildman–Crippen LogP) is 7.70. The Balaban J connectivity index is 1.46. The molecule has 2 heterocycles. The van der Waals surface area contributed by atoms with Crippen LogP contribution < -0.4 is 5.46 Å². The van der Waals surface area contributed by atoms with E-state index in [4.69, 9.17) is 22.8 Å². The monoisotopic (exact) mass is 501 g/mol. The zero-order chi connectivity index (χ0) is 25.5. The number of benzene rings is 5. The highest BCUT2D eigenvalue weighted by Crippen LogP contribution is 2.39. The minimum Gasteiger partial charge on any atom is -0.208 e. The Labute approximate surface area is 225 Å². The topological polar surface area (TPSA) is 38.7 Å². The smallest absolute Gasteiger partial charge is 0.165 e. The van der Waals surface area contributed by atoms with Gasteiger partial charge in [0.05, 0.1) is 0 Å². The van der Waals surface area contributed by atoms with Gasteiger partial charge in [0, 0.05) is 31.5 Å². The maximum atomic E-state index is 6.34. The van der Waals surface area contributed by atoms with Gasteiger partial charge in [-0.3, -0.25) is 0 Å². The summed E-state index contributed by atoms with van der Waals surface area (Å²) in [6.45, 7) is 0. The number of hydrogen-bond acceptors (Lipinski definition) is 4. The van der Waals surface area contributed by atoms with Crippen LogP contribution in [0.3, 0.4) is 0 Å². The number of thiophene rings is 1. The van der Waals surface area contributed by atoms with Crippen LogP contribution in [0, 0.1) is 0 Å². The van der Waals surface area contributed by atoms with E-state index in [0.717, 1.165) is 53.5 Å². The third-order valence-electron chi connectivity index (χ3n) is 6.69. The lowest BCUT2D eigenvalue weighted by Gasteiger charge is -2.10. The van der Waals surface area contributed by atoms with E-state index in [9.17, 15) is 0 Å². The van der Waals surface area contributed by atoms with Crippen molar-refractivity contribution >= 4 is 44.8 Å². The third-order valence-corrected chi connectivity index (χ3v) is 7.99. The van der Waals surface area contributed by atoms with Gasteiger partial charge in [0.25, 0.3) is 0 Å². The minimum atomic E-state index is 0.643. The molecule has 0 amide bonds. The first-order valence-corrected chi connectivity index (χ1v) is 13.2. The van der Waals surface area contributed by atoms with Gasteiger partial charge in [-0.25, -0.2) is 15.0 Å². The molecule has 0 saturated carbocycles. The first kappa shape index (κ1) is 22.6. The zero-order valence-corrected chi connectivity index (χ0v) is 21.2. The molecule has 0 spiro atoms. The SMILES string of the molecule is [B]c1cccc2c1sc1c(-c3nc(-c4ccccc4)nc(-c4cccc(-c5ccccc5)c4)n3)cccc12. The number of aromatic nitrogens is 3. The summed E-state index contributed by atoms with van der Waals surface area (Å²) < 4.78 is 2.21. The average molecular weight is 501 g/mol. The molecule has 0 saturated heterocycles. The first-order chi connectivity index (χ1) is 18.7. The highest BCUT2D eigenvalue weighted by molar-refractivity contribution is 7.27. The molecule has 0 atom stereocenters. The van der Waals surface area contributed by atoms with Crippen LogP contribution in [0.5, 0.6) is 0 Å². The zero-order valence-electron chi connectivity index (χ0n) is 20.4. The molecular weight excluding hydrogens is 481 g/mol. The van der Waals surface area contributed by atoms with Gasteiger partial charge < -0.3 is 0 Å². The highest BCUT2D eigenvalue weighted by Gasteiger charge is 2.17. The van der Waals surface area contributed by atoms with Gasteiger partial charge in [-0.15, -0.1) is 11.3 Å². The van der Waals surface area contributed by atoms with Crippen molar-refractivity contribution in [2.24, 2.45) is 0 Å². The quantitative estimate of drug-likeness (QED) is 0.232. The van der Waals surface area contributed by atoms with Crippen molar-refractivity contribution in [3.05, 3.63) is 121 Å². The fourth-order valence-corrected chi connectivity index (χ4v) is 6.06. The average Bonchev–Trinajstić information content (AvgIpc) is 3.38. The van der Waals surface area contributed by atoms with Crippen LogP contribution in [0.4, 0.5) is 0 Å². The van der Waals surface area contributed by atoms with Crippen LogP contribution in [-0.4, -0.2) is 22.8 Å². The molecule has 7 rings (SSSR count). The molecule has 0 bridgehead atoms. The van der Waals surface area contributed by atoms with Crippen LogP contribution in [0.1, 0.15) is 0 Å². The second kappa shape index (κ2) is 9.36. The Morgan fingerprint density at radius 3 is 1.76 bits per heavy atom. The summed E-state index contributed by atoms with van der Waals surface area (Å²) in [6, 6.07) is 41.2. The number of fused-ring (bicyclic) bond motifs is 3. The summed E-state index contributed by atoms with van der Waals surface area (Å²) in [4.78, 5) is 14.9. The third kappa shape index (κ3) is 3.98. The van der Waals surface area contributed by atoms with Crippen molar-refractivity contribution in [2.75, 3.05) is 0 Å². The van der Waals surface area contributed by atoms with E-state index in [0.29, 0.717) is 17.5 Å². The Bertz CT molecular complexity index is 1930. The van der Waals surface area contributed by atoms with Crippen LogP contribution in [0.15, 0.2) is 121 Å². The summed E-state index contributed by atoms with van der Waals surface area (Å²) in [7, 11) is 6.34. The molecule has 5 heteroatoms. The maximum absolute atomic E-state index is 6.34. The molecule has 7 aromatic rings. The van der Waals surface area contributed by atoms with Gasteiger partial charge in [0.15, 0.2) is 17.5 Å². The normalized spacial score (nSPS) is 11.3. The van der Waals surface area contributed by atoms with Crippen molar-refractivity contribution in [2.45, 2.75) is 0 Å². The molecule has 38 heavy (non-hydrogen) atoms. The maximum Gasteiger partial charge on any atom is 0.165 e. The van der Waals surface area contributed by atoms with Crippen LogP contribution in [0.2, 0.25) is 0 Å². The summed E-state index contributed by atoms with van der Waals surface area (Å²) >= 11 is 1.69. The highest BCUT2D eigenvalue weighted by atomic mass is 32.1. The second-order valence-electron chi connectivity index (χ2n) is 9.13. The minimum absolute atomic E-state index is 0.643. The van der Waals surface area contributed by atoms with Gasteiger partial charge in [-0.05, 0) is 28.6 Å². The fraction of sp³-hybridized carbons (Fsp3) is 0. The molecule has 0 unspecified atom stereocenters. The van der Waals surface area contributed by atoms with Crippen molar-refractivity contribution in [3.63, 3.8) is 0 Å².